The molecule has 1 aromatic heterocycles. The van der Waals surface area contributed by atoms with Crippen LogP contribution in [0.1, 0.15) is 29.7 Å². The van der Waals surface area contributed by atoms with Gasteiger partial charge in [0, 0.05) is 18.0 Å². The summed E-state index contributed by atoms with van der Waals surface area (Å²) in [6.45, 7) is 1.04. The molecule has 1 aliphatic heterocycles. The SMILES string of the molecule is O=C(O)C1(C(=O)N2CCc3sc(Cl)cc3C2)CC=CCC1. The number of hydrogen-bond acceptors (Lipinski definition) is 3. The maximum atomic E-state index is 12.8. The van der Waals surface area contributed by atoms with Crippen molar-refractivity contribution in [1.29, 1.82) is 0 Å². The van der Waals surface area contributed by atoms with Crippen LogP contribution in [-0.4, -0.2) is 28.4 Å². The van der Waals surface area contributed by atoms with Crippen molar-refractivity contribution in [2.45, 2.75) is 32.2 Å². The van der Waals surface area contributed by atoms with Crippen LogP contribution in [0.3, 0.4) is 0 Å². The number of nitrogens with zero attached hydrogens (tertiary/aromatic N) is 1. The summed E-state index contributed by atoms with van der Waals surface area (Å²) in [5.74, 6) is -1.27. The van der Waals surface area contributed by atoms with Crippen molar-refractivity contribution in [3.63, 3.8) is 0 Å². The summed E-state index contributed by atoms with van der Waals surface area (Å²) in [5.41, 5.74) is -0.233. The van der Waals surface area contributed by atoms with Crippen molar-refractivity contribution in [3.05, 3.63) is 33.0 Å². The number of amides is 1. The van der Waals surface area contributed by atoms with Gasteiger partial charge in [-0.3, -0.25) is 9.59 Å². The summed E-state index contributed by atoms with van der Waals surface area (Å²) < 4.78 is 0.725. The number of halogens is 1. The van der Waals surface area contributed by atoms with Crippen LogP contribution in [0.4, 0.5) is 0 Å². The smallest absolute Gasteiger partial charge is 0.319 e. The molecule has 1 unspecified atom stereocenters. The number of hydrogen-bond donors (Lipinski definition) is 1. The molecule has 0 radical (unpaired) electrons. The molecule has 1 aliphatic carbocycles. The van der Waals surface area contributed by atoms with Crippen molar-refractivity contribution < 1.29 is 14.7 Å². The van der Waals surface area contributed by atoms with Crippen molar-refractivity contribution in [3.8, 4) is 0 Å². The van der Waals surface area contributed by atoms with Gasteiger partial charge in [-0.2, -0.15) is 0 Å². The molecule has 1 aromatic rings. The van der Waals surface area contributed by atoms with Gasteiger partial charge in [-0.15, -0.1) is 11.3 Å². The van der Waals surface area contributed by atoms with Crippen molar-refractivity contribution in [2.75, 3.05) is 6.54 Å². The Kier molecular flexibility index (Phi) is 3.80. The first-order chi connectivity index (χ1) is 10.0. The average Bonchev–Trinajstić information content (AvgIpc) is 2.86. The largest absolute Gasteiger partial charge is 0.480 e. The summed E-state index contributed by atoms with van der Waals surface area (Å²) in [6, 6.07) is 1.88. The van der Waals surface area contributed by atoms with Crippen molar-refractivity contribution in [1.82, 2.24) is 4.90 Å². The highest BCUT2D eigenvalue weighted by atomic mass is 35.5. The Balaban J connectivity index is 1.85. The van der Waals surface area contributed by atoms with E-state index in [0.29, 0.717) is 25.9 Å². The summed E-state index contributed by atoms with van der Waals surface area (Å²) in [4.78, 5) is 27.4. The molecule has 0 bridgehead atoms. The van der Waals surface area contributed by atoms with Gasteiger partial charge in [-0.1, -0.05) is 23.8 Å². The van der Waals surface area contributed by atoms with Crippen LogP contribution in [-0.2, 0) is 22.6 Å². The molecule has 3 rings (SSSR count). The van der Waals surface area contributed by atoms with Crippen LogP contribution in [0, 0.1) is 5.41 Å². The molecular weight excluding hydrogens is 310 g/mol. The van der Waals surface area contributed by atoms with Gasteiger partial charge in [0.05, 0.1) is 4.34 Å². The summed E-state index contributed by atoms with van der Waals surface area (Å²) in [6.07, 6.45) is 5.82. The van der Waals surface area contributed by atoms with E-state index in [9.17, 15) is 14.7 Å². The molecule has 1 atom stereocenters. The Morgan fingerprint density at radius 1 is 1.38 bits per heavy atom. The van der Waals surface area contributed by atoms with Crippen LogP contribution >= 0.6 is 22.9 Å². The van der Waals surface area contributed by atoms with Crippen LogP contribution in [0.5, 0.6) is 0 Å². The number of rotatable bonds is 2. The molecule has 4 nitrogen and oxygen atoms in total. The highest BCUT2D eigenvalue weighted by Gasteiger charge is 2.48. The van der Waals surface area contributed by atoms with E-state index in [1.807, 2.05) is 18.2 Å². The van der Waals surface area contributed by atoms with Gasteiger partial charge in [0.25, 0.3) is 0 Å². The second-order valence-electron chi connectivity index (χ2n) is 5.58. The minimum Gasteiger partial charge on any atom is -0.480 e. The minimum atomic E-state index is -1.29. The van der Waals surface area contributed by atoms with E-state index < -0.39 is 11.4 Å². The molecular formula is C15H16ClNO3S. The predicted molar refractivity (Wildman–Crippen MR) is 81.5 cm³/mol. The average molecular weight is 326 g/mol. The molecule has 1 amide bonds. The number of carboxylic acid groups (broad SMARTS) is 1. The van der Waals surface area contributed by atoms with E-state index in [2.05, 4.69) is 0 Å². The van der Waals surface area contributed by atoms with Gasteiger partial charge in [-0.25, -0.2) is 0 Å². The van der Waals surface area contributed by atoms with Crippen LogP contribution in [0.15, 0.2) is 18.2 Å². The minimum absolute atomic E-state index is 0.257. The highest BCUT2D eigenvalue weighted by Crippen LogP contribution is 2.38. The van der Waals surface area contributed by atoms with Gasteiger partial charge in [0.2, 0.25) is 5.91 Å². The number of thiophene rings is 1. The van der Waals surface area contributed by atoms with Gasteiger partial charge < -0.3 is 10.0 Å². The van der Waals surface area contributed by atoms with Gasteiger partial charge >= 0.3 is 5.97 Å². The predicted octanol–water partition coefficient (Wildman–Crippen LogP) is 3.10. The lowest BCUT2D eigenvalue weighted by atomic mass is 9.75. The van der Waals surface area contributed by atoms with E-state index in [-0.39, 0.29) is 12.3 Å². The number of carbonyl (C=O) groups is 2. The van der Waals surface area contributed by atoms with Crippen LogP contribution < -0.4 is 0 Å². The Bertz CT molecular complexity index is 624. The van der Waals surface area contributed by atoms with E-state index in [0.717, 1.165) is 16.3 Å². The van der Waals surface area contributed by atoms with E-state index in [1.165, 1.54) is 4.88 Å². The molecule has 0 fully saturated rings. The fourth-order valence-electron chi connectivity index (χ4n) is 3.09. The molecule has 1 N–H and O–H groups in total. The highest BCUT2D eigenvalue weighted by molar-refractivity contribution is 7.16. The van der Waals surface area contributed by atoms with E-state index >= 15 is 0 Å². The lowest BCUT2D eigenvalue weighted by Crippen LogP contribution is -2.50. The summed E-state index contributed by atoms with van der Waals surface area (Å²) >= 11 is 7.56. The molecule has 0 aromatic carbocycles. The fraction of sp³-hybridized carbons (Fsp3) is 0.467. The monoisotopic (exact) mass is 325 g/mol. The third-order valence-electron chi connectivity index (χ3n) is 4.31. The second-order valence-corrected chi connectivity index (χ2v) is 7.35. The Morgan fingerprint density at radius 2 is 2.19 bits per heavy atom. The maximum absolute atomic E-state index is 12.8. The number of aliphatic carboxylic acids is 1. The third-order valence-corrected chi connectivity index (χ3v) is 5.68. The molecule has 0 saturated carbocycles. The Morgan fingerprint density at radius 3 is 2.86 bits per heavy atom. The zero-order chi connectivity index (χ0) is 15.0. The first kappa shape index (κ1) is 14.6. The lowest BCUT2D eigenvalue weighted by molar-refractivity contribution is -0.162. The number of carboxylic acids is 1. The topological polar surface area (TPSA) is 57.6 Å². The summed E-state index contributed by atoms with van der Waals surface area (Å²) in [7, 11) is 0. The second kappa shape index (κ2) is 5.46. The molecule has 21 heavy (non-hydrogen) atoms. The van der Waals surface area contributed by atoms with Crippen molar-refractivity contribution in [2.24, 2.45) is 5.41 Å². The molecule has 2 heterocycles. The molecule has 6 heteroatoms. The number of allylic oxidation sites excluding steroid dienone is 2. The number of fused-ring (bicyclic) bond motifs is 1. The van der Waals surface area contributed by atoms with E-state index in [1.54, 1.807) is 16.2 Å². The normalized spacial score (nSPS) is 24.7. The lowest BCUT2D eigenvalue weighted by Gasteiger charge is -2.36. The quantitative estimate of drug-likeness (QED) is 0.671. The summed E-state index contributed by atoms with van der Waals surface area (Å²) in [5, 5.41) is 9.59. The zero-order valence-electron chi connectivity index (χ0n) is 11.5. The maximum Gasteiger partial charge on any atom is 0.319 e. The van der Waals surface area contributed by atoms with Gasteiger partial charge in [0.15, 0.2) is 0 Å². The Labute approximate surface area is 132 Å². The first-order valence-corrected chi connectivity index (χ1v) is 8.17. The number of carbonyl (C=O) groups excluding carboxylic acids is 1. The van der Waals surface area contributed by atoms with Gasteiger partial charge in [-0.05, 0) is 37.3 Å². The fourth-order valence-corrected chi connectivity index (χ4v) is 4.38. The molecule has 0 saturated heterocycles. The third kappa shape index (κ3) is 2.49. The molecule has 2 aliphatic rings. The van der Waals surface area contributed by atoms with Crippen LogP contribution in [0.2, 0.25) is 4.34 Å². The standard InChI is InChI=1S/C15H16ClNO3S/c16-12-8-10-9-17(7-4-11(10)21-12)13(18)15(14(19)20)5-2-1-3-6-15/h1-2,8H,3-7,9H2,(H,19,20). The Hall–Kier alpha value is -1.33. The molecule has 0 spiro atoms. The van der Waals surface area contributed by atoms with Gasteiger partial charge in [0.1, 0.15) is 5.41 Å². The van der Waals surface area contributed by atoms with E-state index in [4.69, 9.17) is 11.6 Å². The van der Waals surface area contributed by atoms with Crippen molar-refractivity contribution >= 4 is 34.8 Å². The molecule has 112 valence electrons. The first-order valence-electron chi connectivity index (χ1n) is 6.98. The zero-order valence-corrected chi connectivity index (χ0v) is 13.0. The van der Waals surface area contributed by atoms with Crippen LogP contribution in [0.25, 0.3) is 0 Å².